The molecule has 0 fully saturated rings. The van der Waals surface area contributed by atoms with E-state index < -0.39 is 0 Å². The minimum atomic E-state index is -0.244. The summed E-state index contributed by atoms with van der Waals surface area (Å²) in [6.07, 6.45) is 6.62. The Morgan fingerprint density at radius 2 is 1.97 bits per heavy atom. The number of methoxy groups -OCH3 is 1. The molecule has 0 aliphatic rings. The summed E-state index contributed by atoms with van der Waals surface area (Å²) in [5.74, 6) is 1.01. The van der Waals surface area contributed by atoms with Gasteiger partial charge >= 0.3 is 0 Å². The zero-order chi connectivity index (χ0) is 19.8. The maximum atomic E-state index is 12.2. The zero-order valence-corrected chi connectivity index (χ0v) is 17.4. The Morgan fingerprint density at radius 3 is 2.69 bits per heavy atom. The number of hydrogen-bond acceptors (Lipinski definition) is 5. The van der Waals surface area contributed by atoms with Crippen molar-refractivity contribution in [2.45, 2.75) is 10.6 Å². The highest BCUT2D eigenvalue weighted by molar-refractivity contribution is 7.98. The standard InChI is InChI=1S/C22H20N2O3S.ClH/c1-27-21-7-5-16(13-20(21)25)6-8-22(26)24-18-3-2-4-19(14-18)28-15-17-9-11-23-12-10-17;/h2-14,25H,15H2,1H3,(H,24,26);1H. The number of rotatable bonds is 7. The Hall–Kier alpha value is -2.96. The highest BCUT2D eigenvalue weighted by Crippen LogP contribution is 2.27. The topological polar surface area (TPSA) is 71.5 Å². The number of nitrogens with one attached hydrogen (secondary N) is 1. The second-order valence-corrected chi connectivity index (χ2v) is 6.97. The van der Waals surface area contributed by atoms with Crippen LogP contribution in [0.1, 0.15) is 11.1 Å². The molecule has 0 saturated carbocycles. The molecule has 0 unspecified atom stereocenters. The zero-order valence-electron chi connectivity index (χ0n) is 15.7. The van der Waals surface area contributed by atoms with E-state index in [4.69, 9.17) is 4.74 Å². The summed E-state index contributed by atoms with van der Waals surface area (Å²) in [7, 11) is 1.49. The minimum absolute atomic E-state index is 0. The molecule has 1 heterocycles. The van der Waals surface area contributed by atoms with Gasteiger partial charge in [-0.1, -0.05) is 12.1 Å². The fourth-order valence-corrected chi connectivity index (χ4v) is 3.39. The van der Waals surface area contributed by atoms with Crippen LogP contribution in [0.2, 0.25) is 0 Å². The molecule has 7 heteroatoms. The number of benzene rings is 2. The molecule has 0 radical (unpaired) electrons. The lowest BCUT2D eigenvalue weighted by Gasteiger charge is -2.06. The lowest BCUT2D eigenvalue weighted by molar-refractivity contribution is -0.111. The molecule has 0 bridgehead atoms. The molecule has 1 aromatic heterocycles. The number of halogens is 1. The van der Waals surface area contributed by atoms with Crippen molar-refractivity contribution in [1.29, 1.82) is 0 Å². The molecule has 1 amide bonds. The molecule has 2 aromatic carbocycles. The maximum Gasteiger partial charge on any atom is 0.248 e. The highest BCUT2D eigenvalue weighted by atomic mass is 35.5. The summed E-state index contributed by atoms with van der Waals surface area (Å²) < 4.78 is 5.01. The van der Waals surface area contributed by atoms with Crippen LogP contribution >= 0.6 is 24.2 Å². The van der Waals surface area contributed by atoms with Crippen LogP contribution < -0.4 is 10.1 Å². The first-order valence-corrected chi connectivity index (χ1v) is 9.60. The number of amides is 1. The van der Waals surface area contributed by atoms with Gasteiger partial charge in [0.15, 0.2) is 11.5 Å². The molecule has 29 heavy (non-hydrogen) atoms. The summed E-state index contributed by atoms with van der Waals surface area (Å²) in [6, 6.07) is 16.6. The molecular formula is C22H21ClN2O3S. The molecule has 3 rings (SSSR count). The first-order valence-electron chi connectivity index (χ1n) is 8.62. The van der Waals surface area contributed by atoms with E-state index >= 15 is 0 Å². The van der Waals surface area contributed by atoms with Crippen molar-refractivity contribution >= 4 is 41.8 Å². The van der Waals surface area contributed by atoms with Gasteiger partial charge in [-0.15, -0.1) is 24.2 Å². The van der Waals surface area contributed by atoms with Crippen molar-refractivity contribution in [1.82, 2.24) is 4.98 Å². The van der Waals surface area contributed by atoms with Crippen LogP contribution in [0.5, 0.6) is 11.5 Å². The van der Waals surface area contributed by atoms with E-state index in [0.717, 1.165) is 16.3 Å². The molecule has 0 atom stereocenters. The number of nitrogens with zero attached hydrogens (tertiary/aromatic N) is 1. The average molecular weight is 429 g/mol. The van der Waals surface area contributed by atoms with Crippen LogP contribution in [0, 0.1) is 0 Å². The number of carbonyl (C=O) groups is 1. The number of phenols is 1. The van der Waals surface area contributed by atoms with Gasteiger partial charge in [-0.05, 0) is 59.7 Å². The van der Waals surface area contributed by atoms with Gasteiger partial charge in [-0.2, -0.15) is 0 Å². The number of hydrogen-bond donors (Lipinski definition) is 2. The van der Waals surface area contributed by atoms with Crippen molar-refractivity contribution in [2.75, 3.05) is 12.4 Å². The summed E-state index contributed by atoms with van der Waals surface area (Å²) in [6.45, 7) is 0. The lowest BCUT2D eigenvalue weighted by atomic mass is 10.2. The summed E-state index contributed by atoms with van der Waals surface area (Å²) in [5.41, 5.74) is 2.63. The van der Waals surface area contributed by atoms with E-state index in [1.54, 1.807) is 48.4 Å². The Bertz CT molecular complexity index is 981. The molecule has 0 aliphatic carbocycles. The van der Waals surface area contributed by atoms with Gasteiger partial charge in [-0.3, -0.25) is 9.78 Å². The molecule has 3 aromatic rings. The van der Waals surface area contributed by atoms with Crippen molar-refractivity contribution in [3.63, 3.8) is 0 Å². The largest absolute Gasteiger partial charge is 0.504 e. The highest BCUT2D eigenvalue weighted by Gasteiger charge is 2.03. The Labute approximate surface area is 180 Å². The summed E-state index contributed by atoms with van der Waals surface area (Å²) >= 11 is 1.69. The fourth-order valence-electron chi connectivity index (χ4n) is 2.48. The number of thioether (sulfide) groups is 1. The van der Waals surface area contributed by atoms with E-state index in [-0.39, 0.29) is 24.1 Å². The van der Waals surface area contributed by atoms with Gasteiger partial charge in [0.1, 0.15) is 0 Å². The van der Waals surface area contributed by atoms with Crippen LogP contribution in [-0.2, 0) is 10.5 Å². The van der Waals surface area contributed by atoms with E-state index in [9.17, 15) is 9.90 Å². The fraction of sp³-hybridized carbons (Fsp3) is 0.0909. The molecule has 150 valence electrons. The van der Waals surface area contributed by atoms with E-state index in [1.165, 1.54) is 18.7 Å². The van der Waals surface area contributed by atoms with Gasteiger partial charge < -0.3 is 15.2 Å². The number of aromatic nitrogens is 1. The van der Waals surface area contributed by atoms with Gasteiger partial charge in [0, 0.05) is 34.8 Å². The maximum absolute atomic E-state index is 12.2. The van der Waals surface area contributed by atoms with E-state index in [1.807, 2.05) is 36.4 Å². The van der Waals surface area contributed by atoms with Gasteiger partial charge in [-0.25, -0.2) is 0 Å². The van der Waals surface area contributed by atoms with Crippen LogP contribution in [0.15, 0.2) is 78.0 Å². The molecule has 0 aliphatic heterocycles. The Balaban J connectivity index is 0.00000300. The molecule has 0 saturated heterocycles. The second-order valence-electron chi connectivity index (χ2n) is 5.93. The van der Waals surface area contributed by atoms with E-state index in [0.29, 0.717) is 11.3 Å². The third-order valence-electron chi connectivity index (χ3n) is 3.89. The number of aromatic hydroxyl groups is 1. The van der Waals surface area contributed by atoms with Crippen molar-refractivity contribution in [3.8, 4) is 11.5 Å². The summed E-state index contributed by atoms with van der Waals surface area (Å²) in [4.78, 5) is 17.3. The van der Waals surface area contributed by atoms with Crippen LogP contribution in [0.4, 0.5) is 5.69 Å². The van der Waals surface area contributed by atoms with Gasteiger partial charge in [0.05, 0.1) is 7.11 Å². The first-order chi connectivity index (χ1) is 13.6. The van der Waals surface area contributed by atoms with Gasteiger partial charge in [0.25, 0.3) is 0 Å². The first kappa shape index (κ1) is 22.3. The van der Waals surface area contributed by atoms with Crippen LogP contribution in [0.25, 0.3) is 6.08 Å². The molecule has 2 N–H and O–H groups in total. The molecule has 0 spiro atoms. The predicted molar refractivity (Wildman–Crippen MR) is 120 cm³/mol. The number of anilines is 1. The predicted octanol–water partition coefficient (Wildman–Crippen LogP) is 5.16. The lowest BCUT2D eigenvalue weighted by Crippen LogP contribution is -2.07. The van der Waals surface area contributed by atoms with Crippen LogP contribution in [-0.4, -0.2) is 23.1 Å². The minimum Gasteiger partial charge on any atom is -0.504 e. The van der Waals surface area contributed by atoms with Crippen molar-refractivity contribution in [2.24, 2.45) is 0 Å². The summed E-state index contributed by atoms with van der Waals surface area (Å²) in [5, 5.41) is 12.6. The van der Waals surface area contributed by atoms with Gasteiger partial charge in [0.2, 0.25) is 5.91 Å². The normalized spacial score (nSPS) is 10.4. The second kappa shape index (κ2) is 11.1. The number of phenolic OH excluding ortho intramolecular Hbond substituents is 1. The number of carbonyl (C=O) groups excluding carboxylic acids is 1. The average Bonchev–Trinajstić information content (AvgIpc) is 2.72. The monoisotopic (exact) mass is 428 g/mol. The Kier molecular flexibility index (Phi) is 8.58. The van der Waals surface area contributed by atoms with Crippen molar-refractivity contribution in [3.05, 3.63) is 84.2 Å². The molecular weight excluding hydrogens is 408 g/mol. The quantitative estimate of drug-likeness (QED) is 0.401. The third kappa shape index (κ3) is 6.85. The third-order valence-corrected chi connectivity index (χ3v) is 4.95. The number of pyridine rings is 1. The Morgan fingerprint density at radius 1 is 1.17 bits per heavy atom. The molecule has 5 nitrogen and oxygen atoms in total. The SMILES string of the molecule is COc1ccc(C=CC(=O)Nc2cccc(SCc3ccncc3)c2)cc1O.Cl. The van der Waals surface area contributed by atoms with E-state index in [2.05, 4.69) is 10.3 Å². The van der Waals surface area contributed by atoms with Crippen molar-refractivity contribution < 1.29 is 14.6 Å². The van der Waals surface area contributed by atoms with Crippen LogP contribution in [0.3, 0.4) is 0 Å². The smallest absolute Gasteiger partial charge is 0.248 e. The number of ether oxygens (including phenoxy) is 1.